The number of methoxy groups -OCH3 is 1. The molecule has 6 heteroatoms. The van der Waals surface area contributed by atoms with Gasteiger partial charge >= 0.3 is 0 Å². The predicted octanol–water partition coefficient (Wildman–Crippen LogP) is 3.38. The SMILES string of the molecule is CCOc1cccc(C2c3c(oc4ccccc4c3=O)C(=O)N2CCOC)c1. The van der Waals surface area contributed by atoms with E-state index in [2.05, 4.69) is 0 Å². The van der Waals surface area contributed by atoms with Gasteiger partial charge in [-0.2, -0.15) is 0 Å². The van der Waals surface area contributed by atoms with Gasteiger partial charge in [0.1, 0.15) is 11.3 Å². The van der Waals surface area contributed by atoms with Crippen LogP contribution in [0.4, 0.5) is 0 Å². The van der Waals surface area contributed by atoms with E-state index in [4.69, 9.17) is 13.9 Å². The summed E-state index contributed by atoms with van der Waals surface area (Å²) >= 11 is 0. The summed E-state index contributed by atoms with van der Waals surface area (Å²) in [7, 11) is 1.58. The zero-order valence-electron chi connectivity index (χ0n) is 15.8. The standard InChI is InChI=1S/C22H21NO5/c1-3-27-15-8-6-7-14(13-15)19-18-20(24)16-9-4-5-10-17(16)28-21(18)22(25)23(19)11-12-26-2/h4-10,13,19H,3,11-12H2,1-2H3. The molecule has 0 aliphatic carbocycles. The van der Waals surface area contributed by atoms with Crippen LogP contribution in [0.1, 0.15) is 34.6 Å². The second-order valence-corrected chi connectivity index (χ2v) is 6.57. The predicted molar refractivity (Wildman–Crippen MR) is 105 cm³/mol. The molecule has 0 saturated heterocycles. The zero-order chi connectivity index (χ0) is 19.7. The van der Waals surface area contributed by atoms with Gasteiger partial charge in [0.15, 0.2) is 5.43 Å². The number of nitrogens with zero attached hydrogens (tertiary/aromatic N) is 1. The van der Waals surface area contributed by atoms with Crippen LogP contribution in [0.25, 0.3) is 11.0 Å². The van der Waals surface area contributed by atoms with E-state index in [-0.39, 0.29) is 17.1 Å². The third kappa shape index (κ3) is 2.96. The minimum Gasteiger partial charge on any atom is -0.494 e. The molecule has 1 atom stereocenters. The lowest BCUT2D eigenvalue weighted by Gasteiger charge is -2.25. The maximum Gasteiger partial charge on any atom is 0.290 e. The first kappa shape index (κ1) is 18.3. The van der Waals surface area contributed by atoms with Crippen molar-refractivity contribution in [1.29, 1.82) is 0 Å². The Bertz CT molecular complexity index is 1090. The molecule has 1 aromatic heterocycles. The molecule has 1 aliphatic heterocycles. The molecule has 0 spiro atoms. The first-order chi connectivity index (χ1) is 13.7. The summed E-state index contributed by atoms with van der Waals surface area (Å²) in [5, 5.41) is 0.466. The topological polar surface area (TPSA) is 69.0 Å². The third-order valence-electron chi connectivity index (χ3n) is 4.89. The quantitative estimate of drug-likeness (QED) is 0.657. The number of hydrogen-bond acceptors (Lipinski definition) is 5. The molecule has 2 heterocycles. The van der Waals surface area contributed by atoms with Gasteiger partial charge < -0.3 is 18.8 Å². The molecule has 1 unspecified atom stereocenters. The molecule has 4 rings (SSSR count). The molecular weight excluding hydrogens is 358 g/mol. The van der Waals surface area contributed by atoms with Crippen LogP contribution in [-0.4, -0.2) is 37.7 Å². The van der Waals surface area contributed by atoms with E-state index in [1.54, 1.807) is 36.3 Å². The van der Waals surface area contributed by atoms with Crippen LogP contribution in [0.3, 0.4) is 0 Å². The van der Waals surface area contributed by atoms with Crippen molar-refractivity contribution in [2.45, 2.75) is 13.0 Å². The van der Waals surface area contributed by atoms with Gasteiger partial charge in [-0.1, -0.05) is 24.3 Å². The molecule has 1 aliphatic rings. The summed E-state index contributed by atoms with van der Waals surface area (Å²) in [6.07, 6.45) is 0. The Balaban J connectivity index is 1.93. The number of carbonyl (C=O) groups excluding carboxylic acids is 1. The molecule has 0 bridgehead atoms. The number of carbonyl (C=O) groups is 1. The van der Waals surface area contributed by atoms with E-state index in [1.807, 2.05) is 31.2 Å². The van der Waals surface area contributed by atoms with E-state index < -0.39 is 6.04 Å². The van der Waals surface area contributed by atoms with Crippen molar-refractivity contribution in [3.63, 3.8) is 0 Å². The number of hydrogen-bond donors (Lipinski definition) is 0. The van der Waals surface area contributed by atoms with E-state index in [0.29, 0.717) is 42.0 Å². The Labute approximate surface area is 162 Å². The number of amides is 1. The van der Waals surface area contributed by atoms with E-state index >= 15 is 0 Å². The largest absolute Gasteiger partial charge is 0.494 e. The number of ether oxygens (including phenoxy) is 2. The lowest BCUT2D eigenvalue weighted by molar-refractivity contribution is 0.0663. The van der Waals surface area contributed by atoms with Crippen LogP contribution in [0.2, 0.25) is 0 Å². The number of para-hydroxylation sites is 1. The molecule has 2 aromatic carbocycles. The van der Waals surface area contributed by atoms with Gasteiger partial charge in [-0.25, -0.2) is 0 Å². The van der Waals surface area contributed by atoms with Gasteiger partial charge in [-0.05, 0) is 36.8 Å². The van der Waals surface area contributed by atoms with Crippen LogP contribution in [0, 0.1) is 0 Å². The minimum absolute atomic E-state index is 0.103. The Morgan fingerprint density at radius 3 is 2.71 bits per heavy atom. The average Bonchev–Trinajstić information content (AvgIpc) is 2.99. The Morgan fingerprint density at radius 2 is 1.93 bits per heavy atom. The lowest BCUT2D eigenvalue weighted by Crippen LogP contribution is -2.32. The van der Waals surface area contributed by atoms with Crippen molar-refractivity contribution < 1.29 is 18.7 Å². The van der Waals surface area contributed by atoms with Gasteiger partial charge in [0.25, 0.3) is 5.91 Å². The van der Waals surface area contributed by atoms with Crippen molar-refractivity contribution in [2.75, 3.05) is 26.9 Å². The second-order valence-electron chi connectivity index (χ2n) is 6.57. The third-order valence-corrected chi connectivity index (χ3v) is 4.89. The maximum atomic E-state index is 13.3. The Morgan fingerprint density at radius 1 is 1.11 bits per heavy atom. The second kappa shape index (κ2) is 7.48. The monoisotopic (exact) mass is 379 g/mol. The van der Waals surface area contributed by atoms with Crippen molar-refractivity contribution >= 4 is 16.9 Å². The maximum absolute atomic E-state index is 13.3. The molecule has 6 nitrogen and oxygen atoms in total. The van der Waals surface area contributed by atoms with Gasteiger partial charge in [-0.15, -0.1) is 0 Å². The molecule has 0 radical (unpaired) electrons. The van der Waals surface area contributed by atoms with Gasteiger partial charge in [0.2, 0.25) is 5.76 Å². The molecule has 3 aromatic rings. The molecule has 144 valence electrons. The van der Waals surface area contributed by atoms with Gasteiger partial charge in [0.05, 0.1) is 30.2 Å². The molecule has 0 saturated carbocycles. The van der Waals surface area contributed by atoms with Crippen LogP contribution in [0.5, 0.6) is 5.75 Å². The molecular formula is C22H21NO5. The number of benzene rings is 2. The molecule has 0 N–H and O–H groups in total. The first-order valence-electron chi connectivity index (χ1n) is 9.24. The average molecular weight is 379 g/mol. The van der Waals surface area contributed by atoms with E-state index in [1.165, 1.54) is 0 Å². The van der Waals surface area contributed by atoms with Crippen LogP contribution in [-0.2, 0) is 4.74 Å². The number of fused-ring (bicyclic) bond motifs is 2. The van der Waals surface area contributed by atoms with Crippen molar-refractivity contribution in [1.82, 2.24) is 4.90 Å². The lowest BCUT2D eigenvalue weighted by atomic mass is 9.98. The summed E-state index contributed by atoms with van der Waals surface area (Å²) in [5.74, 6) is 0.492. The Hall–Kier alpha value is -3.12. The number of rotatable bonds is 6. The highest BCUT2D eigenvalue weighted by molar-refractivity contribution is 5.99. The van der Waals surface area contributed by atoms with E-state index in [0.717, 1.165) is 5.56 Å². The summed E-state index contributed by atoms with van der Waals surface area (Å²) in [4.78, 5) is 28.0. The van der Waals surface area contributed by atoms with Crippen LogP contribution < -0.4 is 10.2 Å². The van der Waals surface area contributed by atoms with Crippen molar-refractivity contribution in [2.24, 2.45) is 0 Å². The summed E-state index contributed by atoms with van der Waals surface area (Å²) in [6, 6.07) is 13.9. The molecule has 0 fully saturated rings. The van der Waals surface area contributed by atoms with Crippen LogP contribution >= 0.6 is 0 Å². The minimum atomic E-state index is -0.543. The van der Waals surface area contributed by atoms with Crippen LogP contribution in [0.15, 0.2) is 57.7 Å². The van der Waals surface area contributed by atoms with Crippen molar-refractivity contribution in [3.05, 3.63) is 75.6 Å². The van der Waals surface area contributed by atoms with Gasteiger partial charge in [0, 0.05) is 13.7 Å². The summed E-state index contributed by atoms with van der Waals surface area (Å²) < 4.78 is 16.7. The highest BCUT2D eigenvalue weighted by Gasteiger charge is 2.42. The van der Waals surface area contributed by atoms with Crippen molar-refractivity contribution in [3.8, 4) is 5.75 Å². The highest BCUT2D eigenvalue weighted by atomic mass is 16.5. The normalized spacial score (nSPS) is 15.9. The highest BCUT2D eigenvalue weighted by Crippen LogP contribution is 2.38. The van der Waals surface area contributed by atoms with Gasteiger partial charge in [-0.3, -0.25) is 9.59 Å². The molecule has 28 heavy (non-hydrogen) atoms. The smallest absolute Gasteiger partial charge is 0.290 e. The summed E-state index contributed by atoms with van der Waals surface area (Å²) in [6.45, 7) is 3.14. The zero-order valence-corrected chi connectivity index (χ0v) is 15.8. The fraction of sp³-hybridized carbons (Fsp3) is 0.273. The summed E-state index contributed by atoms with van der Waals surface area (Å²) in [5.41, 5.74) is 1.40. The Kier molecular flexibility index (Phi) is 4.88. The molecule has 1 amide bonds. The fourth-order valence-electron chi connectivity index (χ4n) is 3.68. The fourth-order valence-corrected chi connectivity index (χ4v) is 3.68. The first-order valence-corrected chi connectivity index (χ1v) is 9.24. The van der Waals surface area contributed by atoms with E-state index in [9.17, 15) is 9.59 Å².